The zero-order chi connectivity index (χ0) is 26.5. The molecule has 0 saturated heterocycles. The molecule has 0 fully saturated rings. The summed E-state index contributed by atoms with van der Waals surface area (Å²) in [6.45, 7) is 0.980. The second kappa shape index (κ2) is 11.5. The number of alkyl halides is 2. The van der Waals surface area contributed by atoms with Gasteiger partial charge in [-0.05, 0) is 54.8 Å². The highest BCUT2D eigenvalue weighted by molar-refractivity contribution is 7.07. The molecule has 37 heavy (non-hydrogen) atoms. The topological polar surface area (TPSA) is 79.1 Å². The molecule has 194 valence electrons. The summed E-state index contributed by atoms with van der Waals surface area (Å²) in [4.78, 5) is 32.1. The number of carbonyl (C=O) groups is 1. The lowest BCUT2D eigenvalue weighted by atomic mass is 9.94. The molecule has 4 rings (SSSR count). The highest BCUT2D eigenvalue weighted by atomic mass is 32.1. The van der Waals surface area contributed by atoms with E-state index in [4.69, 9.17) is 14.5 Å². The highest BCUT2D eigenvalue weighted by Crippen LogP contribution is 2.33. The van der Waals surface area contributed by atoms with Crippen LogP contribution in [0.2, 0.25) is 0 Å². The summed E-state index contributed by atoms with van der Waals surface area (Å²) in [5.74, 6) is 0.0873. The summed E-state index contributed by atoms with van der Waals surface area (Å²) in [7, 11) is 1.55. The predicted molar refractivity (Wildman–Crippen MR) is 136 cm³/mol. The SMILES string of the molecule is CCCC1=C(C(=O)OCC)[C@@H](c2cccc(OC)c2)n2c(s/c(=C/c3ccc(OC(F)F)cc3)c2=O)=N1. The van der Waals surface area contributed by atoms with Gasteiger partial charge in [-0.3, -0.25) is 9.36 Å². The van der Waals surface area contributed by atoms with Gasteiger partial charge in [-0.1, -0.05) is 48.9 Å². The standard InChI is InChI=1S/C27H26F2N2O5S/c1-4-7-20-22(25(33)35-5-2)23(17-8-6-9-19(15-17)34-3)31-24(32)21(37-27(31)30-20)14-16-10-12-18(13-11-16)36-26(28)29/h6,8-15,23,26H,4-5,7H2,1-3H3/b21-14+/t23-/m1/s1. The first-order valence-electron chi connectivity index (χ1n) is 11.8. The summed E-state index contributed by atoms with van der Waals surface area (Å²) in [6, 6.07) is 12.4. The summed E-state index contributed by atoms with van der Waals surface area (Å²) >= 11 is 1.20. The quantitative estimate of drug-likeness (QED) is 0.389. The predicted octanol–water partition coefficient (Wildman–Crippen LogP) is 4.19. The van der Waals surface area contributed by atoms with Crippen LogP contribution < -0.4 is 24.4 Å². The molecule has 2 aromatic carbocycles. The van der Waals surface area contributed by atoms with Crippen molar-refractivity contribution in [3.05, 3.63) is 90.6 Å². The molecule has 0 bridgehead atoms. The molecule has 0 radical (unpaired) electrons. The summed E-state index contributed by atoms with van der Waals surface area (Å²) in [5, 5.41) is 0. The average molecular weight is 529 g/mol. The first-order chi connectivity index (χ1) is 17.9. The van der Waals surface area contributed by atoms with Crippen LogP contribution in [0.5, 0.6) is 11.5 Å². The zero-order valence-corrected chi connectivity index (χ0v) is 21.4. The van der Waals surface area contributed by atoms with Gasteiger partial charge in [0.15, 0.2) is 4.80 Å². The maximum Gasteiger partial charge on any atom is 0.387 e. The molecule has 0 amide bonds. The van der Waals surface area contributed by atoms with E-state index in [0.717, 1.165) is 6.42 Å². The van der Waals surface area contributed by atoms with Gasteiger partial charge in [0.2, 0.25) is 0 Å². The molecule has 0 aliphatic carbocycles. The van der Waals surface area contributed by atoms with E-state index in [1.54, 1.807) is 50.4 Å². The van der Waals surface area contributed by atoms with Crippen LogP contribution in [0.4, 0.5) is 8.78 Å². The van der Waals surface area contributed by atoms with Gasteiger partial charge in [-0.15, -0.1) is 0 Å². The van der Waals surface area contributed by atoms with E-state index in [-0.39, 0.29) is 17.9 Å². The number of hydrogen-bond acceptors (Lipinski definition) is 7. The van der Waals surface area contributed by atoms with Gasteiger partial charge in [0, 0.05) is 0 Å². The summed E-state index contributed by atoms with van der Waals surface area (Å²) < 4.78 is 42.0. The Morgan fingerprint density at radius 3 is 2.57 bits per heavy atom. The lowest BCUT2D eigenvalue weighted by Crippen LogP contribution is -2.40. The molecule has 0 saturated carbocycles. The van der Waals surface area contributed by atoms with Crippen molar-refractivity contribution < 1.29 is 27.8 Å². The van der Waals surface area contributed by atoms with Crippen LogP contribution in [0.3, 0.4) is 0 Å². The Morgan fingerprint density at radius 2 is 1.92 bits per heavy atom. The Morgan fingerprint density at radius 1 is 1.16 bits per heavy atom. The van der Waals surface area contributed by atoms with Crippen LogP contribution in [0.1, 0.15) is 43.9 Å². The minimum atomic E-state index is -2.92. The van der Waals surface area contributed by atoms with Crippen LogP contribution in [0, 0.1) is 0 Å². The van der Waals surface area contributed by atoms with Crippen LogP contribution in [-0.4, -0.2) is 30.9 Å². The number of nitrogens with zero attached hydrogens (tertiary/aromatic N) is 2. The van der Waals surface area contributed by atoms with Gasteiger partial charge in [0.1, 0.15) is 11.5 Å². The number of rotatable bonds is 9. The molecule has 1 aliphatic rings. The van der Waals surface area contributed by atoms with Crippen molar-refractivity contribution in [1.82, 2.24) is 4.57 Å². The largest absolute Gasteiger partial charge is 0.497 e. The molecule has 1 atom stereocenters. The molecular weight excluding hydrogens is 502 g/mol. The van der Waals surface area contributed by atoms with Crippen molar-refractivity contribution in [2.45, 2.75) is 39.3 Å². The third-order valence-electron chi connectivity index (χ3n) is 5.70. The van der Waals surface area contributed by atoms with Gasteiger partial charge in [0.05, 0.1) is 35.6 Å². The van der Waals surface area contributed by atoms with Crippen molar-refractivity contribution in [3.8, 4) is 11.5 Å². The zero-order valence-electron chi connectivity index (χ0n) is 20.6. The normalized spacial score (nSPS) is 15.4. The van der Waals surface area contributed by atoms with Gasteiger partial charge in [-0.25, -0.2) is 9.79 Å². The van der Waals surface area contributed by atoms with E-state index in [2.05, 4.69) is 4.74 Å². The molecule has 0 N–H and O–H groups in total. The fourth-order valence-electron chi connectivity index (χ4n) is 4.14. The maximum atomic E-state index is 13.7. The van der Waals surface area contributed by atoms with Crippen molar-refractivity contribution in [1.29, 1.82) is 0 Å². The number of hydrogen-bond donors (Lipinski definition) is 0. The fraction of sp³-hybridized carbons (Fsp3) is 0.296. The van der Waals surface area contributed by atoms with E-state index in [9.17, 15) is 18.4 Å². The third-order valence-corrected chi connectivity index (χ3v) is 6.69. The fourth-order valence-corrected chi connectivity index (χ4v) is 5.16. The molecule has 0 unspecified atom stereocenters. The molecule has 0 spiro atoms. The number of esters is 1. The Balaban J connectivity index is 1.91. The molecule has 10 heteroatoms. The molecule has 1 aromatic heterocycles. The van der Waals surface area contributed by atoms with Gasteiger partial charge >= 0.3 is 12.6 Å². The lowest BCUT2D eigenvalue weighted by molar-refractivity contribution is -0.139. The number of halogens is 2. The van der Waals surface area contributed by atoms with E-state index in [0.29, 0.717) is 43.9 Å². The Labute approximate surface area is 215 Å². The first kappa shape index (κ1) is 26.3. The number of carbonyl (C=O) groups excluding carboxylic acids is 1. The monoisotopic (exact) mass is 528 g/mol. The van der Waals surface area contributed by atoms with E-state index >= 15 is 0 Å². The Hall–Kier alpha value is -3.79. The van der Waals surface area contributed by atoms with Crippen LogP contribution in [-0.2, 0) is 9.53 Å². The Bertz CT molecular complexity index is 1490. The van der Waals surface area contributed by atoms with E-state index in [1.165, 1.54) is 28.0 Å². The summed E-state index contributed by atoms with van der Waals surface area (Å²) in [6.07, 6.45) is 2.94. The first-order valence-corrected chi connectivity index (χ1v) is 12.6. The molecular formula is C27H26F2N2O5S. The number of allylic oxidation sites excluding steroid dienone is 1. The third kappa shape index (κ3) is 5.64. The average Bonchev–Trinajstić information content (AvgIpc) is 3.18. The number of aromatic nitrogens is 1. The van der Waals surface area contributed by atoms with Crippen molar-refractivity contribution in [2.24, 2.45) is 4.99 Å². The van der Waals surface area contributed by atoms with E-state index < -0.39 is 18.6 Å². The number of fused-ring (bicyclic) bond motifs is 1. The Kier molecular flexibility index (Phi) is 8.17. The van der Waals surface area contributed by atoms with Gasteiger partial charge in [-0.2, -0.15) is 8.78 Å². The highest BCUT2D eigenvalue weighted by Gasteiger charge is 2.34. The van der Waals surface area contributed by atoms with Crippen LogP contribution in [0.15, 0.2) is 69.6 Å². The molecule has 7 nitrogen and oxygen atoms in total. The van der Waals surface area contributed by atoms with Crippen molar-refractivity contribution >= 4 is 23.4 Å². The second-order valence-electron chi connectivity index (χ2n) is 8.14. The van der Waals surface area contributed by atoms with E-state index in [1.807, 2.05) is 13.0 Å². The number of methoxy groups -OCH3 is 1. The summed E-state index contributed by atoms with van der Waals surface area (Å²) in [5.41, 5.74) is 1.89. The van der Waals surface area contributed by atoms with Crippen LogP contribution in [0.25, 0.3) is 6.08 Å². The van der Waals surface area contributed by atoms with Gasteiger partial charge in [0.25, 0.3) is 5.56 Å². The second-order valence-corrected chi connectivity index (χ2v) is 9.15. The maximum absolute atomic E-state index is 13.7. The smallest absolute Gasteiger partial charge is 0.387 e. The lowest BCUT2D eigenvalue weighted by Gasteiger charge is -2.26. The minimum Gasteiger partial charge on any atom is -0.497 e. The van der Waals surface area contributed by atoms with Crippen molar-refractivity contribution in [2.75, 3.05) is 13.7 Å². The van der Waals surface area contributed by atoms with Crippen molar-refractivity contribution in [3.63, 3.8) is 0 Å². The molecule has 1 aliphatic heterocycles. The minimum absolute atomic E-state index is 0.0231. The number of ether oxygens (including phenoxy) is 3. The van der Waals surface area contributed by atoms with Gasteiger partial charge < -0.3 is 14.2 Å². The number of thiazole rings is 1. The molecule has 2 heterocycles. The van der Waals surface area contributed by atoms with Crippen LogP contribution >= 0.6 is 11.3 Å². The number of benzene rings is 2. The molecule has 3 aromatic rings.